The molecule has 3 N–H and O–H groups in total. The molecule has 0 spiro atoms. The van der Waals surface area contributed by atoms with E-state index in [2.05, 4.69) is 5.32 Å². The van der Waals surface area contributed by atoms with E-state index in [9.17, 15) is 19.8 Å². The fraction of sp³-hybridized carbons (Fsp3) is 0.200. The van der Waals surface area contributed by atoms with Gasteiger partial charge in [-0.1, -0.05) is 37.3 Å². The van der Waals surface area contributed by atoms with Gasteiger partial charge in [-0.2, -0.15) is 0 Å². The van der Waals surface area contributed by atoms with Gasteiger partial charge in [-0.15, -0.1) is 0 Å². The van der Waals surface area contributed by atoms with Crippen LogP contribution in [-0.4, -0.2) is 22.2 Å². The molecule has 3 aromatic rings. The lowest BCUT2D eigenvalue weighted by Gasteiger charge is -2.15. The number of aliphatic carboxylic acids is 1. The first kappa shape index (κ1) is 17.7. The molecule has 1 aromatic heterocycles. The average Bonchev–Trinajstić information content (AvgIpc) is 2.63. The van der Waals surface area contributed by atoms with Gasteiger partial charge in [0.2, 0.25) is 0 Å². The lowest BCUT2D eigenvalue weighted by atomic mass is 9.99. The summed E-state index contributed by atoms with van der Waals surface area (Å²) in [7, 11) is 0. The lowest BCUT2D eigenvalue weighted by molar-refractivity contribution is -0.139. The molecule has 0 aliphatic carbocycles. The Morgan fingerprint density at radius 2 is 1.92 bits per heavy atom. The van der Waals surface area contributed by atoms with Gasteiger partial charge in [0.25, 0.3) is 0 Å². The first-order valence-corrected chi connectivity index (χ1v) is 8.31. The molecular formula is C20H19NO5. The normalized spacial score (nSPS) is 12.2. The van der Waals surface area contributed by atoms with Crippen molar-refractivity contribution >= 4 is 16.9 Å². The molecule has 134 valence electrons. The third-order valence-corrected chi connectivity index (χ3v) is 4.31. The summed E-state index contributed by atoms with van der Waals surface area (Å²) in [5, 5.41) is 23.0. The molecule has 0 unspecified atom stereocenters. The number of carbonyl (C=O) groups is 1. The van der Waals surface area contributed by atoms with E-state index in [-0.39, 0.29) is 17.9 Å². The molecular weight excluding hydrogens is 334 g/mol. The molecule has 0 saturated carbocycles. The number of phenolic OH excluding ortho intramolecular Hbond substituents is 1. The summed E-state index contributed by atoms with van der Waals surface area (Å²) in [5.41, 5.74) is 1.63. The molecule has 0 saturated heterocycles. The van der Waals surface area contributed by atoms with Gasteiger partial charge in [-0.05, 0) is 29.7 Å². The first-order valence-electron chi connectivity index (χ1n) is 8.31. The number of carboxylic acids is 1. The van der Waals surface area contributed by atoms with Crippen LogP contribution in [0.1, 0.15) is 18.9 Å². The highest BCUT2D eigenvalue weighted by Gasteiger charge is 2.18. The maximum atomic E-state index is 12.1. The summed E-state index contributed by atoms with van der Waals surface area (Å²) < 4.78 is 5.36. The van der Waals surface area contributed by atoms with Crippen molar-refractivity contribution in [1.82, 2.24) is 5.32 Å². The van der Waals surface area contributed by atoms with Gasteiger partial charge in [0.1, 0.15) is 17.4 Å². The van der Waals surface area contributed by atoms with Crippen LogP contribution in [0, 0.1) is 0 Å². The second-order valence-corrected chi connectivity index (χ2v) is 5.97. The highest BCUT2D eigenvalue weighted by atomic mass is 16.4. The van der Waals surface area contributed by atoms with E-state index < -0.39 is 17.6 Å². The number of phenols is 1. The molecule has 0 bridgehead atoms. The van der Waals surface area contributed by atoms with Crippen LogP contribution in [0.5, 0.6) is 5.75 Å². The molecule has 1 atom stereocenters. The van der Waals surface area contributed by atoms with E-state index in [1.54, 1.807) is 13.0 Å². The zero-order valence-electron chi connectivity index (χ0n) is 14.2. The summed E-state index contributed by atoms with van der Waals surface area (Å²) in [6, 6.07) is 13.3. The van der Waals surface area contributed by atoms with Gasteiger partial charge in [-0.25, -0.2) is 4.79 Å². The smallest absolute Gasteiger partial charge is 0.336 e. The van der Waals surface area contributed by atoms with E-state index in [0.29, 0.717) is 22.9 Å². The SMILES string of the molecule is CC[C@@H](NCc1c(O)ccc2c(-c3ccccc3)cc(=O)oc12)C(=O)O. The molecule has 1 heterocycles. The zero-order valence-corrected chi connectivity index (χ0v) is 14.2. The first-order chi connectivity index (χ1) is 12.5. The Kier molecular flexibility index (Phi) is 5.04. The van der Waals surface area contributed by atoms with Crippen molar-refractivity contribution in [2.24, 2.45) is 0 Å². The molecule has 0 aliphatic rings. The van der Waals surface area contributed by atoms with Gasteiger partial charge < -0.3 is 19.9 Å². The molecule has 0 fully saturated rings. The van der Waals surface area contributed by atoms with Crippen molar-refractivity contribution < 1.29 is 19.4 Å². The number of hydrogen-bond donors (Lipinski definition) is 3. The average molecular weight is 353 g/mol. The van der Waals surface area contributed by atoms with Crippen molar-refractivity contribution in [1.29, 1.82) is 0 Å². The summed E-state index contributed by atoms with van der Waals surface area (Å²) >= 11 is 0. The molecule has 26 heavy (non-hydrogen) atoms. The number of carboxylic acid groups (broad SMARTS) is 1. The Morgan fingerprint density at radius 1 is 1.19 bits per heavy atom. The highest BCUT2D eigenvalue weighted by molar-refractivity contribution is 5.95. The summed E-state index contributed by atoms with van der Waals surface area (Å²) in [6.07, 6.45) is 0.389. The van der Waals surface area contributed by atoms with Crippen LogP contribution in [0.3, 0.4) is 0 Å². The van der Waals surface area contributed by atoms with E-state index >= 15 is 0 Å². The molecule has 0 amide bonds. The van der Waals surface area contributed by atoms with Crippen LogP contribution < -0.4 is 10.9 Å². The third-order valence-electron chi connectivity index (χ3n) is 4.31. The monoisotopic (exact) mass is 353 g/mol. The molecule has 0 radical (unpaired) electrons. The lowest BCUT2D eigenvalue weighted by Crippen LogP contribution is -2.35. The molecule has 6 heteroatoms. The third kappa shape index (κ3) is 3.45. The van der Waals surface area contributed by atoms with Crippen LogP contribution in [0.25, 0.3) is 22.1 Å². The van der Waals surface area contributed by atoms with Crippen LogP contribution in [0.15, 0.2) is 57.7 Å². The molecule has 3 rings (SSSR count). The number of benzene rings is 2. The van der Waals surface area contributed by atoms with Crippen LogP contribution in [0.2, 0.25) is 0 Å². The number of hydrogen-bond acceptors (Lipinski definition) is 5. The van der Waals surface area contributed by atoms with Crippen LogP contribution in [-0.2, 0) is 11.3 Å². The summed E-state index contributed by atoms with van der Waals surface area (Å²) in [4.78, 5) is 23.3. The Balaban J connectivity index is 2.12. The van der Waals surface area contributed by atoms with Gasteiger partial charge in [0.05, 0.1) is 5.56 Å². The number of fused-ring (bicyclic) bond motifs is 1. The van der Waals surface area contributed by atoms with E-state index in [1.165, 1.54) is 12.1 Å². The predicted molar refractivity (Wildman–Crippen MR) is 98.1 cm³/mol. The van der Waals surface area contributed by atoms with E-state index in [0.717, 1.165) is 5.56 Å². The molecule has 0 aliphatic heterocycles. The van der Waals surface area contributed by atoms with Gasteiger partial charge in [-0.3, -0.25) is 4.79 Å². The van der Waals surface area contributed by atoms with Crippen LogP contribution >= 0.6 is 0 Å². The standard InChI is InChI=1S/C20H19NO5/c1-2-16(20(24)25)21-11-15-17(22)9-8-13-14(10-18(23)26-19(13)15)12-6-4-3-5-7-12/h3-10,16,21-22H,2,11H2,1H3,(H,24,25)/t16-/m1/s1. The number of aromatic hydroxyl groups is 1. The number of rotatable bonds is 6. The summed E-state index contributed by atoms with van der Waals surface area (Å²) in [5.74, 6) is -1.03. The van der Waals surface area contributed by atoms with Crippen molar-refractivity contribution in [3.05, 3.63) is 64.5 Å². The number of nitrogens with one attached hydrogen (secondary N) is 1. The second-order valence-electron chi connectivity index (χ2n) is 5.97. The zero-order chi connectivity index (χ0) is 18.7. The minimum absolute atomic E-state index is 0.0568. The molecule has 2 aromatic carbocycles. The second kappa shape index (κ2) is 7.41. The molecule has 6 nitrogen and oxygen atoms in total. The maximum absolute atomic E-state index is 12.1. The highest BCUT2D eigenvalue weighted by Crippen LogP contribution is 2.33. The predicted octanol–water partition coefficient (Wildman–Crippen LogP) is 3.12. The summed E-state index contributed by atoms with van der Waals surface area (Å²) in [6.45, 7) is 1.82. The maximum Gasteiger partial charge on any atom is 0.336 e. The van der Waals surface area contributed by atoms with Crippen molar-refractivity contribution in [3.63, 3.8) is 0 Å². The Bertz CT molecular complexity index is 994. The van der Waals surface area contributed by atoms with Gasteiger partial charge in [0.15, 0.2) is 0 Å². The van der Waals surface area contributed by atoms with E-state index in [1.807, 2.05) is 30.3 Å². The minimum atomic E-state index is -0.973. The Morgan fingerprint density at radius 3 is 2.58 bits per heavy atom. The van der Waals surface area contributed by atoms with Crippen molar-refractivity contribution in [2.75, 3.05) is 0 Å². The topological polar surface area (TPSA) is 99.8 Å². The van der Waals surface area contributed by atoms with Crippen molar-refractivity contribution in [2.45, 2.75) is 25.9 Å². The minimum Gasteiger partial charge on any atom is -0.507 e. The Labute approximate surface area is 149 Å². The van der Waals surface area contributed by atoms with Crippen molar-refractivity contribution in [3.8, 4) is 16.9 Å². The van der Waals surface area contributed by atoms with Crippen LogP contribution in [0.4, 0.5) is 0 Å². The van der Waals surface area contributed by atoms with Gasteiger partial charge >= 0.3 is 11.6 Å². The quantitative estimate of drug-likeness (QED) is 0.589. The van der Waals surface area contributed by atoms with E-state index in [4.69, 9.17) is 4.42 Å². The fourth-order valence-electron chi connectivity index (χ4n) is 2.93. The fourth-order valence-corrected chi connectivity index (χ4v) is 2.93. The van der Waals surface area contributed by atoms with Gasteiger partial charge in [0, 0.05) is 18.0 Å². The largest absolute Gasteiger partial charge is 0.507 e. The Hall–Kier alpha value is -3.12.